The summed E-state index contributed by atoms with van der Waals surface area (Å²) in [5.41, 5.74) is 0.0984. The van der Waals surface area contributed by atoms with E-state index in [9.17, 15) is 28.1 Å². The normalized spacial score (nSPS) is 19.4. The number of benzene rings is 1. The van der Waals surface area contributed by atoms with Gasteiger partial charge in [0.1, 0.15) is 0 Å². The van der Waals surface area contributed by atoms with Crippen molar-refractivity contribution in [1.29, 1.82) is 0 Å². The summed E-state index contributed by atoms with van der Waals surface area (Å²) < 4.78 is 38.4. The van der Waals surface area contributed by atoms with Crippen LogP contribution in [0.3, 0.4) is 0 Å². The number of anilines is 1. The summed E-state index contributed by atoms with van der Waals surface area (Å²) in [6.45, 7) is 0.0557. The molecule has 0 N–H and O–H groups in total. The minimum atomic E-state index is -4.30. The van der Waals surface area contributed by atoms with Crippen LogP contribution in [0.5, 0.6) is 0 Å². The number of carbonyl (C=O) groups is 1. The fraction of sp³-hybridized carbons (Fsp3) is 0.462. The Hall–Kier alpha value is -2.12. The second-order valence-electron chi connectivity index (χ2n) is 4.94. The van der Waals surface area contributed by atoms with E-state index in [0.717, 1.165) is 6.07 Å². The Morgan fingerprint density at radius 2 is 2.10 bits per heavy atom. The summed E-state index contributed by atoms with van der Waals surface area (Å²) in [6, 6.07) is 3.58. The first-order valence-electron chi connectivity index (χ1n) is 6.38. The van der Waals surface area contributed by atoms with E-state index in [1.807, 2.05) is 0 Å². The largest absolute Gasteiger partial charge is 0.393 e. The summed E-state index contributed by atoms with van der Waals surface area (Å²) in [4.78, 5) is 22.6. The number of nitro groups is 1. The highest BCUT2D eigenvalue weighted by Gasteiger charge is 2.42. The van der Waals surface area contributed by atoms with Crippen molar-refractivity contribution >= 4 is 17.7 Å². The van der Waals surface area contributed by atoms with Crippen LogP contribution < -0.4 is 4.90 Å². The summed E-state index contributed by atoms with van der Waals surface area (Å²) in [5.74, 6) is -1.48. The van der Waals surface area contributed by atoms with Crippen molar-refractivity contribution in [2.75, 3.05) is 18.0 Å². The van der Waals surface area contributed by atoms with Gasteiger partial charge in [0.05, 0.1) is 16.5 Å². The number of piperidine rings is 1. The lowest BCUT2D eigenvalue weighted by Gasteiger charge is -2.35. The molecule has 114 valence electrons. The second kappa shape index (κ2) is 5.71. The molecular weight excluding hydrogens is 289 g/mol. The van der Waals surface area contributed by atoms with Crippen LogP contribution in [0, 0.1) is 16.0 Å². The number of carbonyl (C=O) groups excluding carboxylic acids is 1. The highest BCUT2D eigenvalue weighted by Crippen LogP contribution is 2.36. The minimum Gasteiger partial charge on any atom is -0.370 e. The zero-order valence-corrected chi connectivity index (χ0v) is 11.0. The van der Waals surface area contributed by atoms with Crippen molar-refractivity contribution in [2.24, 2.45) is 5.92 Å². The van der Waals surface area contributed by atoms with Crippen LogP contribution in [0.15, 0.2) is 18.2 Å². The lowest BCUT2D eigenvalue weighted by Crippen LogP contribution is -2.42. The maximum atomic E-state index is 12.8. The van der Waals surface area contributed by atoms with Crippen molar-refractivity contribution in [1.82, 2.24) is 0 Å². The molecule has 0 bridgehead atoms. The molecule has 21 heavy (non-hydrogen) atoms. The van der Waals surface area contributed by atoms with Crippen LogP contribution in [0.4, 0.5) is 24.5 Å². The first kappa shape index (κ1) is 15.3. The standard InChI is InChI=1S/C13H13F3N2O3/c14-13(15,16)10-2-1-5-17(7-10)12-6-11(18(20)21)4-3-9(12)8-19/h3-4,6,8,10H,1-2,5,7H2. The van der Waals surface area contributed by atoms with E-state index < -0.39 is 17.0 Å². The van der Waals surface area contributed by atoms with Gasteiger partial charge in [-0.1, -0.05) is 0 Å². The molecule has 2 rings (SSSR count). The van der Waals surface area contributed by atoms with E-state index in [1.54, 1.807) is 0 Å². The molecule has 1 atom stereocenters. The van der Waals surface area contributed by atoms with Crippen LogP contribution in [0.25, 0.3) is 0 Å². The van der Waals surface area contributed by atoms with Crippen molar-refractivity contribution < 1.29 is 22.9 Å². The van der Waals surface area contributed by atoms with Gasteiger partial charge in [0.25, 0.3) is 5.69 Å². The van der Waals surface area contributed by atoms with Crippen molar-refractivity contribution in [3.05, 3.63) is 33.9 Å². The maximum absolute atomic E-state index is 12.8. The lowest BCUT2D eigenvalue weighted by atomic mass is 9.96. The Kier molecular flexibility index (Phi) is 4.15. The van der Waals surface area contributed by atoms with Gasteiger partial charge in [0.15, 0.2) is 6.29 Å². The van der Waals surface area contributed by atoms with E-state index in [-0.39, 0.29) is 29.9 Å². The van der Waals surface area contributed by atoms with Gasteiger partial charge in [-0.15, -0.1) is 0 Å². The van der Waals surface area contributed by atoms with E-state index in [1.165, 1.54) is 17.0 Å². The average molecular weight is 302 g/mol. The quantitative estimate of drug-likeness (QED) is 0.488. The third-order valence-corrected chi connectivity index (χ3v) is 3.58. The Bertz CT molecular complexity index is 560. The first-order valence-corrected chi connectivity index (χ1v) is 6.38. The van der Waals surface area contributed by atoms with Crippen molar-refractivity contribution in [3.8, 4) is 0 Å². The molecule has 1 heterocycles. The van der Waals surface area contributed by atoms with Crippen LogP contribution in [0.1, 0.15) is 23.2 Å². The molecule has 1 aliphatic heterocycles. The molecule has 0 spiro atoms. The van der Waals surface area contributed by atoms with Gasteiger partial charge in [0, 0.05) is 30.8 Å². The average Bonchev–Trinajstić information content (AvgIpc) is 2.45. The fourth-order valence-electron chi connectivity index (χ4n) is 2.48. The van der Waals surface area contributed by atoms with Crippen molar-refractivity contribution in [3.63, 3.8) is 0 Å². The molecule has 8 heteroatoms. The number of non-ortho nitro benzene ring substituents is 1. The SMILES string of the molecule is O=Cc1ccc([N+](=O)[O-])cc1N1CCCC(C(F)(F)F)C1. The molecule has 5 nitrogen and oxygen atoms in total. The van der Waals surface area contributed by atoms with Gasteiger partial charge >= 0.3 is 6.18 Å². The number of alkyl halides is 3. The van der Waals surface area contributed by atoms with Crippen LogP contribution in [-0.2, 0) is 0 Å². The molecule has 1 aromatic rings. The molecular formula is C13H13F3N2O3. The summed E-state index contributed by atoms with van der Waals surface area (Å²) in [5, 5.41) is 10.8. The molecule has 0 radical (unpaired) electrons. The summed E-state index contributed by atoms with van der Waals surface area (Å²) >= 11 is 0. The maximum Gasteiger partial charge on any atom is 0.393 e. The monoisotopic (exact) mass is 302 g/mol. The third kappa shape index (κ3) is 3.32. The predicted molar refractivity (Wildman–Crippen MR) is 69.5 cm³/mol. The van der Waals surface area contributed by atoms with E-state index in [4.69, 9.17) is 0 Å². The Labute approximate surface area is 118 Å². The molecule has 1 fully saturated rings. The van der Waals surface area contributed by atoms with Gasteiger partial charge < -0.3 is 4.90 Å². The zero-order chi connectivity index (χ0) is 15.6. The number of nitro benzene ring substituents is 1. The highest BCUT2D eigenvalue weighted by atomic mass is 19.4. The van der Waals surface area contributed by atoms with Crippen LogP contribution in [0.2, 0.25) is 0 Å². The van der Waals surface area contributed by atoms with Gasteiger partial charge in [-0.25, -0.2) is 0 Å². The van der Waals surface area contributed by atoms with E-state index >= 15 is 0 Å². The van der Waals surface area contributed by atoms with Gasteiger partial charge in [-0.3, -0.25) is 14.9 Å². The fourth-order valence-corrected chi connectivity index (χ4v) is 2.48. The molecule has 1 aliphatic rings. The number of aldehydes is 1. The number of halogens is 3. The number of nitrogens with zero attached hydrogens (tertiary/aromatic N) is 2. The first-order chi connectivity index (χ1) is 9.82. The Morgan fingerprint density at radius 1 is 1.38 bits per heavy atom. The molecule has 0 saturated carbocycles. The number of hydrogen-bond acceptors (Lipinski definition) is 4. The smallest absolute Gasteiger partial charge is 0.370 e. The number of rotatable bonds is 3. The Balaban J connectivity index is 2.33. The molecule has 0 aliphatic carbocycles. The molecule has 0 aromatic heterocycles. The molecule has 1 aromatic carbocycles. The van der Waals surface area contributed by atoms with E-state index in [2.05, 4.69) is 0 Å². The van der Waals surface area contributed by atoms with Gasteiger partial charge in [-0.2, -0.15) is 13.2 Å². The molecule has 1 unspecified atom stereocenters. The van der Waals surface area contributed by atoms with Gasteiger partial charge in [0.2, 0.25) is 0 Å². The van der Waals surface area contributed by atoms with Crippen LogP contribution in [-0.4, -0.2) is 30.5 Å². The lowest BCUT2D eigenvalue weighted by molar-refractivity contribution is -0.384. The zero-order valence-electron chi connectivity index (χ0n) is 11.0. The third-order valence-electron chi connectivity index (χ3n) is 3.58. The topological polar surface area (TPSA) is 63.4 Å². The minimum absolute atomic E-state index is 0.0331. The number of hydrogen-bond donors (Lipinski definition) is 0. The van der Waals surface area contributed by atoms with E-state index in [0.29, 0.717) is 19.3 Å². The highest BCUT2D eigenvalue weighted by molar-refractivity contribution is 5.85. The molecule has 0 amide bonds. The van der Waals surface area contributed by atoms with Crippen molar-refractivity contribution in [2.45, 2.75) is 19.0 Å². The van der Waals surface area contributed by atoms with Crippen LogP contribution >= 0.6 is 0 Å². The summed E-state index contributed by atoms with van der Waals surface area (Å²) in [6.07, 6.45) is -3.45. The molecule has 1 saturated heterocycles. The second-order valence-corrected chi connectivity index (χ2v) is 4.94. The summed E-state index contributed by atoms with van der Waals surface area (Å²) in [7, 11) is 0. The Morgan fingerprint density at radius 3 is 2.67 bits per heavy atom. The van der Waals surface area contributed by atoms with Gasteiger partial charge in [-0.05, 0) is 18.9 Å². The predicted octanol–water partition coefficient (Wildman–Crippen LogP) is 3.19.